The highest BCUT2D eigenvalue weighted by Crippen LogP contribution is 2.17. The number of nitrogens with one attached hydrogen (secondary N) is 2. The fourth-order valence-electron chi connectivity index (χ4n) is 2.71. The Morgan fingerprint density at radius 3 is 2.67 bits per heavy atom. The number of rotatable bonds is 6. The molecular formula is C17H26N2O2. The van der Waals surface area contributed by atoms with E-state index in [0.29, 0.717) is 12.3 Å². The zero-order valence-electron chi connectivity index (χ0n) is 12.8. The van der Waals surface area contributed by atoms with Gasteiger partial charge in [-0.2, -0.15) is 0 Å². The summed E-state index contributed by atoms with van der Waals surface area (Å²) < 4.78 is 0. The second-order valence-corrected chi connectivity index (χ2v) is 5.96. The molecule has 0 aromatic heterocycles. The normalized spacial score (nSPS) is 17.4. The molecule has 1 aromatic rings. The van der Waals surface area contributed by atoms with Gasteiger partial charge in [0.2, 0.25) is 5.91 Å². The quantitative estimate of drug-likeness (QED) is 0.750. The van der Waals surface area contributed by atoms with Crippen molar-refractivity contribution in [2.45, 2.75) is 38.7 Å². The number of aryl methyl sites for hydroxylation is 1. The zero-order chi connectivity index (χ0) is 15.1. The highest BCUT2D eigenvalue weighted by atomic mass is 16.3. The van der Waals surface area contributed by atoms with Crippen LogP contribution in [-0.4, -0.2) is 30.6 Å². The molecule has 1 aliphatic heterocycles. The largest absolute Gasteiger partial charge is 0.387 e. The molecule has 0 spiro atoms. The molecule has 1 unspecified atom stereocenters. The van der Waals surface area contributed by atoms with Gasteiger partial charge in [-0.15, -0.1) is 0 Å². The van der Waals surface area contributed by atoms with Crippen molar-refractivity contribution >= 4 is 5.91 Å². The predicted molar refractivity (Wildman–Crippen MR) is 84.0 cm³/mol. The number of amides is 1. The van der Waals surface area contributed by atoms with Crippen molar-refractivity contribution in [1.82, 2.24) is 10.6 Å². The van der Waals surface area contributed by atoms with E-state index < -0.39 is 6.10 Å². The summed E-state index contributed by atoms with van der Waals surface area (Å²) in [6, 6.07) is 7.75. The van der Waals surface area contributed by atoms with E-state index in [1.54, 1.807) is 0 Å². The first-order valence-electron chi connectivity index (χ1n) is 7.87. The van der Waals surface area contributed by atoms with Crippen molar-refractivity contribution in [3.05, 3.63) is 35.4 Å². The fourth-order valence-corrected chi connectivity index (χ4v) is 2.71. The Morgan fingerprint density at radius 1 is 1.33 bits per heavy atom. The van der Waals surface area contributed by atoms with Gasteiger partial charge in [0.25, 0.3) is 0 Å². The summed E-state index contributed by atoms with van der Waals surface area (Å²) in [7, 11) is 0. The zero-order valence-corrected chi connectivity index (χ0v) is 12.8. The van der Waals surface area contributed by atoms with Gasteiger partial charge in [0.05, 0.1) is 6.10 Å². The van der Waals surface area contributed by atoms with Gasteiger partial charge in [-0.05, 0) is 50.8 Å². The van der Waals surface area contributed by atoms with E-state index >= 15 is 0 Å². The Bertz CT molecular complexity index is 439. The van der Waals surface area contributed by atoms with Crippen molar-refractivity contribution in [2.24, 2.45) is 5.92 Å². The van der Waals surface area contributed by atoms with E-state index in [4.69, 9.17) is 0 Å². The molecule has 1 heterocycles. The van der Waals surface area contributed by atoms with Gasteiger partial charge in [-0.3, -0.25) is 4.79 Å². The SMILES string of the molecule is Cc1ccc(C(O)CNC(=O)CCC2CCNCC2)cc1. The fraction of sp³-hybridized carbons (Fsp3) is 0.588. The van der Waals surface area contributed by atoms with E-state index in [2.05, 4.69) is 10.6 Å². The van der Waals surface area contributed by atoms with E-state index in [1.165, 1.54) is 12.8 Å². The first kappa shape index (κ1) is 16.0. The van der Waals surface area contributed by atoms with Gasteiger partial charge in [0.15, 0.2) is 0 Å². The summed E-state index contributed by atoms with van der Waals surface area (Å²) in [5, 5.41) is 16.2. The Kier molecular flexibility index (Phi) is 6.21. The van der Waals surface area contributed by atoms with Crippen LogP contribution < -0.4 is 10.6 Å². The van der Waals surface area contributed by atoms with Gasteiger partial charge >= 0.3 is 0 Å². The van der Waals surface area contributed by atoms with Crippen LogP contribution in [0.2, 0.25) is 0 Å². The summed E-state index contributed by atoms with van der Waals surface area (Å²) in [4.78, 5) is 11.8. The maximum Gasteiger partial charge on any atom is 0.220 e. The second-order valence-electron chi connectivity index (χ2n) is 5.96. The molecule has 21 heavy (non-hydrogen) atoms. The smallest absolute Gasteiger partial charge is 0.220 e. The minimum atomic E-state index is -0.631. The minimum absolute atomic E-state index is 0.0414. The maximum absolute atomic E-state index is 11.8. The number of aliphatic hydroxyl groups is 1. The first-order chi connectivity index (χ1) is 10.1. The molecule has 116 valence electrons. The lowest BCUT2D eigenvalue weighted by Gasteiger charge is -2.22. The molecule has 1 aliphatic rings. The Balaban J connectivity index is 1.67. The average Bonchev–Trinajstić information content (AvgIpc) is 2.52. The Morgan fingerprint density at radius 2 is 2.00 bits per heavy atom. The topological polar surface area (TPSA) is 61.4 Å². The Labute approximate surface area is 126 Å². The minimum Gasteiger partial charge on any atom is -0.387 e. The maximum atomic E-state index is 11.8. The van der Waals surface area contributed by atoms with E-state index in [1.807, 2.05) is 31.2 Å². The van der Waals surface area contributed by atoms with Crippen LogP contribution in [0.25, 0.3) is 0 Å². The molecule has 4 nitrogen and oxygen atoms in total. The van der Waals surface area contributed by atoms with Crippen LogP contribution >= 0.6 is 0 Å². The summed E-state index contributed by atoms with van der Waals surface area (Å²) in [5.41, 5.74) is 2.01. The number of hydrogen-bond acceptors (Lipinski definition) is 3. The summed E-state index contributed by atoms with van der Waals surface area (Å²) in [6.45, 7) is 4.43. The third-order valence-electron chi connectivity index (χ3n) is 4.19. The molecule has 0 aliphatic carbocycles. The molecule has 0 saturated carbocycles. The number of aliphatic hydroxyl groups excluding tert-OH is 1. The molecule has 0 bridgehead atoms. The highest BCUT2D eigenvalue weighted by molar-refractivity contribution is 5.75. The van der Waals surface area contributed by atoms with Crippen molar-refractivity contribution in [2.75, 3.05) is 19.6 Å². The molecule has 2 rings (SSSR count). The van der Waals surface area contributed by atoms with E-state index in [-0.39, 0.29) is 12.5 Å². The van der Waals surface area contributed by atoms with Crippen LogP contribution in [-0.2, 0) is 4.79 Å². The van der Waals surface area contributed by atoms with E-state index in [0.717, 1.165) is 30.6 Å². The molecule has 1 fully saturated rings. The highest BCUT2D eigenvalue weighted by Gasteiger charge is 2.15. The van der Waals surface area contributed by atoms with Gasteiger partial charge < -0.3 is 15.7 Å². The number of carbonyl (C=O) groups is 1. The predicted octanol–water partition coefficient (Wildman–Crippen LogP) is 1.92. The molecule has 0 radical (unpaired) electrons. The monoisotopic (exact) mass is 290 g/mol. The summed E-state index contributed by atoms with van der Waals surface area (Å²) in [6.07, 6.45) is 3.21. The molecule has 4 heteroatoms. The van der Waals surface area contributed by atoms with Crippen LogP contribution in [0.4, 0.5) is 0 Å². The molecule has 1 amide bonds. The second kappa shape index (κ2) is 8.15. The van der Waals surface area contributed by atoms with Crippen molar-refractivity contribution in [3.63, 3.8) is 0 Å². The van der Waals surface area contributed by atoms with Crippen molar-refractivity contribution in [1.29, 1.82) is 0 Å². The van der Waals surface area contributed by atoms with Crippen LogP contribution in [0, 0.1) is 12.8 Å². The van der Waals surface area contributed by atoms with Crippen LogP contribution in [0.15, 0.2) is 24.3 Å². The molecule has 1 aromatic carbocycles. The lowest BCUT2D eigenvalue weighted by molar-refractivity contribution is -0.121. The molecule has 1 saturated heterocycles. The van der Waals surface area contributed by atoms with Crippen molar-refractivity contribution in [3.8, 4) is 0 Å². The van der Waals surface area contributed by atoms with Gasteiger partial charge in [-0.25, -0.2) is 0 Å². The van der Waals surface area contributed by atoms with Gasteiger partial charge in [0, 0.05) is 13.0 Å². The van der Waals surface area contributed by atoms with Gasteiger partial charge in [0.1, 0.15) is 0 Å². The number of benzene rings is 1. The average molecular weight is 290 g/mol. The van der Waals surface area contributed by atoms with Crippen LogP contribution in [0.5, 0.6) is 0 Å². The Hall–Kier alpha value is -1.39. The lowest BCUT2D eigenvalue weighted by Crippen LogP contribution is -2.31. The summed E-state index contributed by atoms with van der Waals surface area (Å²) in [5.74, 6) is 0.707. The number of hydrogen-bond donors (Lipinski definition) is 3. The summed E-state index contributed by atoms with van der Waals surface area (Å²) >= 11 is 0. The molecular weight excluding hydrogens is 264 g/mol. The van der Waals surface area contributed by atoms with Crippen LogP contribution in [0.3, 0.4) is 0 Å². The standard InChI is InChI=1S/C17H26N2O2/c1-13-2-5-15(6-3-13)16(20)12-19-17(21)7-4-14-8-10-18-11-9-14/h2-3,5-6,14,16,18,20H,4,7-12H2,1H3,(H,19,21). The third kappa shape index (κ3) is 5.48. The number of piperidine rings is 1. The lowest BCUT2D eigenvalue weighted by atomic mass is 9.93. The molecule has 1 atom stereocenters. The van der Waals surface area contributed by atoms with Crippen molar-refractivity contribution < 1.29 is 9.90 Å². The first-order valence-corrected chi connectivity index (χ1v) is 7.87. The van der Waals surface area contributed by atoms with Crippen LogP contribution in [0.1, 0.15) is 42.9 Å². The molecule has 3 N–H and O–H groups in total. The van der Waals surface area contributed by atoms with E-state index in [9.17, 15) is 9.90 Å². The third-order valence-corrected chi connectivity index (χ3v) is 4.19. The number of carbonyl (C=O) groups excluding carboxylic acids is 1. The van der Waals surface area contributed by atoms with Gasteiger partial charge in [-0.1, -0.05) is 29.8 Å².